The summed E-state index contributed by atoms with van der Waals surface area (Å²) in [5.74, 6) is 0.715. The summed E-state index contributed by atoms with van der Waals surface area (Å²) in [7, 11) is 0. The van der Waals surface area contributed by atoms with Gasteiger partial charge in [-0.3, -0.25) is 4.79 Å². The van der Waals surface area contributed by atoms with E-state index in [1.54, 1.807) is 31.2 Å². The SMILES string of the molecule is Cc1ccc(C(=O)NC(C)c2ccc(NC(=O)Nc3ccccc3)cc2)o1. The molecule has 2 aromatic carbocycles. The monoisotopic (exact) mass is 363 g/mol. The Bertz CT molecular complexity index is 917. The van der Waals surface area contributed by atoms with Crippen LogP contribution in [0.5, 0.6) is 0 Å². The Morgan fingerprint density at radius 3 is 2.07 bits per heavy atom. The zero-order valence-electron chi connectivity index (χ0n) is 15.2. The van der Waals surface area contributed by atoms with E-state index in [4.69, 9.17) is 4.42 Å². The van der Waals surface area contributed by atoms with Crippen LogP contribution in [0.2, 0.25) is 0 Å². The van der Waals surface area contributed by atoms with Crippen LogP contribution in [0.3, 0.4) is 0 Å². The molecule has 6 nitrogen and oxygen atoms in total. The normalized spacial score (nSPS) is 11.5. The molecule has 3 rings (SSSR count). The van der Waals surface area contributed by atoms with Gasteiger partial charge >= 0.3 is 6.03 Å². The van der Waals surface area contributed by atoms with E-state index in [1.807, 2.05) is 49.4 Å². The number of rotatable bonds is 5. The molecule has 138 valence electrons. The highest BCUT2D eigenvalue weighted by Gasteiger charge is 2.14. The van der Waals surface area contributed by atoms with Crippen LogP contribution >= 0.6 is 0 Å². The van der Waals surface area contributed by atoms with E-state index in [-0.39, 0.29) is 23.7 Å². The Labute approximate surface area is 157 Å². The summed E-state index contributed by atoms with van der Waals surface area (Å²) >= 11 is 0. The van der Waals surface area contributed by atoms with Gasteiger partial charge in [0.2, 0.25) is 0 Å². The van der Waals surface area contributed by atoms with Gasteiger partial charge in [-0.2, -0.15) is 0 Å². The number of urea groups is 1. The van der Waals surface area contributed by atoms with E-state index in [1.165, 1.54) is 0 Å². The maximum absolute atomic E-state index is 12.2. The molecule has 27 heavy (non-hydrogen) atoms. The molecule has 3 aromatic rings. The van der Waals surface area contributed by atoms with Crippen molar-refractivity contribution >= 4 is 23.3 Å². The van der Waals surface area contributed by atoms with Gasteiger partial charge < -0.3 is 20.4 Å². The molecule has 0 aliphatic rings. The molecule has 0 aliphatic carbocycles. The molecule has 1 unspecified atom stereocenters. The van der Waals surface area contributed by atoms with Crippen molar-refractivity contribution in [2.45, 2.75) is 19.9 Å². The number of hydrogen-bond acceptors (Lipinski definition) is 3. The number of amides is 3. The van der Waals surface area contributed by atoms with Crippen LogP contribution in [0.4, 0.5) is 16.2 Å². The van der Waals surface area contributed by atoms with Gasteiger partial charge in [0, 0.05) is 11.4 Å². The van der Waals surface area contributed by atoms with Gasteiger partial charge in [0.05, 0.1) is 6.04 Å². The predicted octanol–water partition coefficient (Wildman–Crippen LogP) is 4.72. The largest absolute Gasteiger partial charge is 0.456 e. The predicted molar refractivity (Wildman–Crippen MR) is 105 cm³/mol. The lowest BCUT2D eigenvalue weighted by Crippen LogP contribution is -2.26. The van der Waals surface area contributed by atoms with E-state index in [9.17, 15) is 9.59 Å². The fourth-order valence-electron chi connectivity index (χ4n) is 2.58. The minimum Gasteiger partial charge on any atom is -0.456 e. The summed E-state index contributed by atoms with van der Waals surface area (Å²) in [6.07, 6.45) is 0. The molecule has 6 heteroatoms. The molecule has 0 saturated carbocycles. The first kappa shape index (κ1) is 18.3. The molecule has 3 N–H and O–H groups in total. The van der Waals surface area contributed by atoms with Crippen LogP contribution in [0.25, 0.3) is 0 Å². The van der Waals surface area contributed by atoms with Crippen LogP contribution in [-0.4, -0.2) is 11.9 Å². The Hall–Kier alpha value is -3.54. The molecular weight excluding hydrogens is 342 g/mol. The average Bonchev–Trinajstić information content (AvgIpc) is 3.09. The van der Waals surface area contributed by atoms with Gasteiger partial charge in [-0.1, -0.05) is 30.3 Å². The second-order valence-corrected chi connectivity index (χ2v) is 6.17. The molecule has 3 amide bonds. The number of carbonyl (C=O) groups excluding carboxylic acids is 2. The lowest BCUT2D eigenvalue weighted by atomic mass is 10.1. The highest BCUT2D eigenvalue weighted by molar-refractivity contribution is 5.99. The quantitative estimate of drug-likeness (QED) is 0.613. The summed E-state index contributed by atoms with van der Waals surface area (Å²) in [6, 6.07) is 19.4. The molecule has 1 heterocycles. The molecule has 0 aliphatic heterocycles. The Balaban J connectivity index is 1.56. The maximum Gasteiger partial charge on any atom is 0.323 e. The standard InChI is InChI=1S/C21H21N3O3/c1-14-8-13-19(27-14)20(25)22-15(2)16-9-11-18(12-10-16)24-21(26)23-17-6-4-3-5-7-17/h3-13,15H,1-2H3,(H,22,25)(H2,23,24,26). The second kappa shape index (κ2) is 8.23. The first-order valence-corrected chi connectivity index (χ1v) is 8.61. The smallest absolute Gasteiger partial charge is 0.323 e. The first-order chi connectivity index (χ1) is 13.0. The minimum absolute atomic E-state index is 0.199. The van der Waals surface area contributed by atoms with E-state index in [0.29, 0.717) is 11.4 Å². The van der Waals surface area contributed by atoms with Crippen molar-refractivity contribution in [2.24, 2.45) is 0 Å². The number of para-hydroxylation sites is 1. The highest BCUT2D eigenvalue weighted by Crippen LogP contribution is 2.17. The van der Waals surface area contributed by atoms with Gasteiger partial charge in [0.25, 0.3) is 5.91 Å². The van der Waals surface area contributed by atoms with Crippen molar-refractivity contribution in [1.82, 2.24) is 5.32 Å². The zero-order valence-corrected chi connectivity index (χ0v) is 15.2. The number of carbonyl (C=O) groups is 2. The lowest BCUT2D eigenvalue weighted by molar-refractivity contribution is 0.0910. The van der Waals surface area contributed by atoms with E-state index < -0.39 is 0 Å². The molecule has 0 bridgehead atoms. The van der Waals surface area contributed by atoms with E-state index in [2.05, 4.69) is 16.0 Å². The zero-order chi connectivity index (χ0) is 19.2. The van der Waals surface area contributed by atoms with Crippen LogP contribution in [0.1, 0.15) is 34.8 Å². The van der Waals surface area contributed by atoms with Crippen LogP contribution < -0.4 is 16.0 Å². The number of furan rings is 1. The molecule has 1 aromatic heterocycles. The number of hydrogen-bond donors (Lipinski definition) is 3. The van der Waals surface area contributed by atoms with Crippen molar-refractivity contribution in [2.75, 3.05) is 10.6 Å². The third-order valence-corrected chi connectivity index (χ3v) is 4.01. The van der Waals surface area contributed by atoms with Crippen molar-refractivity contribution in [3.63, 3.8) is 0 Å². The maximum atomic E-state index is 12.2. The van der Waals surface area contributed by atoms with Crippen molar-refractivity contribution in [3.8, 4) is 0 Å². The van der Waals surface area contributed by atoms with Gasteiger partial charge in [0.1, 0.15) is 5.76 Å². The van der Waals surface area contributed by atoms with E-state index >= 15 is 0 Å². The second-order valence-electron chi connectivity index (χ2n) is 6.17. The molecule has 0 radical (unpaired) electrons. The first-order valence-electron chi connectivity index (χ1n) is 8.61. The summed E-state index contributed by atoms with van der Waals surface area (Å²) in [4.78, 5) is 24.2. The third-order valence-electron chi connectivity index (χ3n) is 4.01. The highest BCUT2D eigenvalue weighted by atomic mass is 16.3. The fraction of sp³-hybridized carbons (Fsp3) is 0.143. The molecule has 1 atom stereocenters. The number of aryl methyl sites for hydroxylation is 1. The van der Waals surface area contributed by atoms with Gasteiger partial charge in [-0.05, 0) is 55.8 Å². The Morgan fingerprint density at radius 2 is 1.48 bits per heavy atom. The van der Waals surface area contributed by atoms with Gasteiger partial charge in [-0.25, -0.2) is 4.79 Å². The molecule has 0 fully saturated rings. The number of anilines is 2. The van der Waals surface area contributed by atoms with Crippen LogP contribution in [0.15, 0.2) is 71.1 Å². The third kappa shape index (κ3) is 4.98. The van der Waals surface area contributed by atoms with Crippen molar-refractivity contribution in [3.05, 3.63) is 83.8 Å². The summed E-state index contributed by atoms with van der Waals surface area (Å²) in [6.45, 7) is 3.68. The van der Waals surface area contributed by atoms with Crippen LogP contribution in [0, 0.1) is 6.92 Å². The average molecular weight is 363 g/mol. The topological polar surface area (TPSA) is 83.4 Å². The lowest BCUT2D eigenvalue weighted by Gasteiger charge is -2.14. The fourth-order valence-corrected chi connectivity index (χ4v) is 2.58. The van der Waals surface area contributed by atoms with E-state index in [0.717, 1.165) is 11.3 Å². The summed E-state index contributed by atoms with van der Waals surface area (Å²) in [5.41, 5.74) is 2.30. The summed E-state index contributed by atoms with van der Waals surface area (Å²) in [5, 5.41) is 8.42. The van der Waals surface area contributed by atoms with Crippen molar-refractivity contribution in [1.29, 1.82) is 0 Å². The van der Waals surface area contributed by atoms with Crippen LogP contribution in [-0.2, 0) is 0 Å². The van der Waals surface area contributed by atoms with Gasteiger partial charge in [-0.15, -0.1) is 0 Å². The minimum atomic E-state index is -0.316. The number of nitrogens with one attached hydrogen (secondary N) is 3. The van der Waals surface area contributed by atoms with Crippen molar-refractivity contribution < 1.29 is 14.0 Å². The molecule has 0 spiro atoms. The Kier molecular flexibility index (Phi) is 5.56. The van der Waals surface area contributed by atoms with Gasteiger partial charge in [0.15, 0.2) is 5.76 Å². The number of benzene rings is 2. The molecule has 0 saturated heterocycles. The summed E-state index contributed by atoms with van der Waals surface area (Å²) < 4.78 is 5.33. The Morgan fingerprint density at radius 1 is 0.852 bits per heavy atom. The molecular formula is C21H21N3O3.